The first kappa shape index (κ1) is 14.2. The lowest BCUT2D eigenvalue weighted by Crippen LogP contribution is -2.19. The molecule has 2 nitrogen and oxygen atoms in total. The van der Waals surface area contributed by atoms with Crippen LogP contribution in [0.1, 0.15) is 52.4 Å². The lowest BCUT2D eigenvalue weighted by atomic mass is 9.90. The van der Waals surface area contributed by atoms with Crippen molar-refractivity contribution in [3.05, 3.63) is 12.7 Å². The van der Waals surface area contributed by atoms with Crippen molar-refractivity contribution < 1.29 is 9.90 Å². The van der Waals surface area contributed by atoms with E-state index in [0.29, 0.717) is 0 Å². The molecular formula is C13H24O2. The Kier molecular flexibility index (Phi) is 8.06. The maximum atomic E-state index is 10.9. The Bertz CT molecular complexity index is 185. The molecule has 0 heterocycles. The average Bonchev–Trinajstić information content (AvgIpc) is 2.15. The van der Waals surface area contributed by atoms with Gasteiger partial charge in [-0.25, -0.2) is 0 Å². The van der Waals surface area contributed by atoms with Gasteiger partial charge in [0, 0.05) is 0 Å². The van der Waals surface area contributed by atoms with Gasteiger partial charge < -0.3 is 5.11 Å². The Morgan fingerprint density at radius 2 is 1.87 bits per heavy atom. The maximum Gasteiger partial charge on any atom is 0.306 e. The van der Waals surface area contributed by atoms with Crippen LogP contribution in [0.5, 0.6) is 0 Å². The molecule has 2 heteroatoms. The van der Waals surface area contributed by atoms with E-state index in [2.05, 4.69) is 6.58 Å². The number of aliphatic carboxylic acids is 1. The summed E-state index contributed by atoms with van der Waals surface area (Å²) in [6.45, 7) is 7.64. The molecule has 88 valence electrons. The van der Waals surface area contributed by atoms with Crippen LogP contribution in [-0.2, 0) is 4.79 Å². The largest absolute Gasteiger partial charge is 0.481 e. The number of allylic oxidation sites excluding steroid dienone is 1. The minimum Gasteiger partial charge on any atom is -0.481 e. The highest BCUT2D eigenvalue weighted by atomic mass is 16.4. The van der Waals surface area contributed by atoms with Gasteiger partial charge in [0.25, 0.3) is 0 Å². The van der Waals surface area contributed by atoms with Gasteiger partial charge >= 0.3 is 5.97 Å². The van der Waals surface area contributed by atoms with Crippen molar-refractivity contribution in [2.45, 2.75) is 52.4 Å². The third-order valence-electron chi connectivity index (χ3n) is 2.80. The van der Waals surface area contributed by atoms with E-state index in [4.69, 9.17) is 5.11 Å². The van der Waals surface area contributed by atoms with Gasteiger partial charge in [0.05, 0.1) is 5.92 Å². The van der Waals surface area contributed by atoms with Crippen LogP contribution < -0.4 is 0 Å². The van der Waals surface area contributed by atoms with Crippen LogP contribution in [0.3, 0.4) is 0 Å². The molecule has 0 fully saturated rings. The third-order valence-corrected chi connectivity index (χ3v) is 2.80. The zero-order valence-electron chi connectivity index (χ0n) is 10.0. The first-order valence-corrected chi connectivity index (χ1v) is 5.93. The van der Waals surface area contributed by atoms with Crippen molar-refractivity contribution in [3.63, 3.8) is 0 Å². The first-order chi connectivity index (χ1) is 7.09. The monoisotopic (exact) mass is 212 g/mol. The van der Waals surface area contributed by atoms with E-state index in [0.717, 1.165) is 25.7 Å². The lowest BCUT2D eigenvalue weighted by molar-refractivity contribution is -0.143. The van der Waals surface area contributed by atoms with E-state index >= 15 is 0 Å². The molecule has 0 radical (unpaired) electrons. The number of unbranched alkanes of at least 4 members (excludes halogenated alkanes) is 4. The van der Waals surface area contributed by atoms with Crippen LogP contribution in [0.15, 0.2) is 12.7 Å². The van der Waals surface area contributed by atoms with Gasteiger partial charge in [-0.2, -0.15) is 0 Å². The van der Waals surface area contributed by atoms with Gasteiger partial charge in [-0.05, 0) is 25.2 Å². The SMILES string of the molecule is C=CCCCCCCC(C(=O)O)C(C)C. The Morgan fingerprint density at radius 1 is 1.27 bits per heavy atom. The summed E-state index contributed by atoms with van der Waals surface area (Å²) in [6, 6.07) is 0. The molecular weight excluding hydrogens is 188 g/mol. The quantitative estimate of drug-likeness (QED) is 0.465. The highest BCUT2D eigenvalue weighted by molar-refractivity contribution is 5.70. The summed E-state index contributed by atoms with van der Waals surface area (Å²) in [7, 11) is 0. The number of hydrogen-bond acceptors (Lipinski definition) is 1. The van der Waals surface area contributed by atoms with Gasteiger partial charge in [0.2, 0.25) is 0 Å². The summed E-state index contributed by atoms with van der Waals surface area (Å²) in [5, 5.41) is 8.97. The van der Waals surface area contributed by atoms with Crippen molar-refractivity contribution in [2.75, 3.05) is 0 Å². The van der Waals surface area contributed by atoms with E-state index in [1.807, 2.05) is 19.9 Å². The summed E-state index contributed by atoms with van der Waals surface area (Å²) in [5.41, 5.74) is 0. The molecule has 0 aromatic heterocycles. The number of carboxylic acids is 1. The summed E-state index contributed by atoms with van der Waals surface area (Å²) >= 11 is 0. The van der Waals surface area contributed by atoms with Crippen LogP contribution in [-0.4, -0.2) is 11.1 Å². The van der Waals surface area contributed by atoms with E-state index in [1.165, 1.54) is 12.8 Å². The maximum absolute atomic E-state index is 10.9. The minimum absolute atomic E-state index is 0.163. The fourth-order valence-electron chi connectivity index (χ4n) is 1.75. The van der Waals surface area contributed by atoms with Crippen molar-refractivity contribution in [3.8, 4) is 0 Å². The molecule has 1 atom stereocenters. The fourth-order valence-corrected chi connectivity index (χ4v) is 1.75. The highest BCUT2D eigenvalue weighted by Crippen LogP contribution is 2.19. The molecule has 0 aromatic rings. The van der Waals surface area contributed by atoms with Gasteiger partial charge in [-0.3, -0.25) is 4.79 Å². The van der Waals surface area contributed by atoms with Crippen molar-refractivity contribution >= 4 is 5.97 Å². The highest BCUT2D eigenvalue weighted by Gasteiger charge is 2.20. The second kappa shape index (κ2) is 8.51. The fraction of sp³-hybridized carbons (Fsp3) is 0.769. The minimum atomic E-state index is -0.643. The van der Waals surface area contributed by atoms with Gasteiger partial charge in [0.15, 0.2) is 0 Å². The second-order valence-corrected chi connectivity index (χ2v) is 4.47. The summed E-state index contributed by atoms with van der Waals surface area (Å²) in [5.74, 6) is -0.559. The molecule has 0 saturated heterocycles. The topological polar surface area (TPSA) is 37.3 Å². The smallest absolute Gasteiger partial charge is 0.306 e. The normalized spacial score (nSPS) is 12.7. The van der Waals surface area contributed by atoms with Crippen molar-refractivity contribution in [1.82, 2.24) is 0 Å². The third kappa shape index (κ3) is 7.18. The van der Waals surface area contributed by atoms with Crippen LogP contribution in [0.4, 0.5) is 0 Å². The van der Waals surface area contributed by atoms with Gasteiger partial charge in [-0.15, -0.1) is 6.58 Å². The number of carboxylic acid groups (broad SMARTS) is 1. The zero-order valence-corrected chi connectivity index (χ0v) is 10.0. The van der Waals surface area contributed by atoms with E-state index in [-0.39, 0.29) is 11.8 Å². The van der Waals surface area contributed by atoms with Gasteiger partial charge in [0.1, 0.15) is 0 Å². The first-order valence-electron chi connectivity index (χ1n) is 5.93. The summed E-state index contributed by atoms with van der Waals surface area (Å²) < 4.78 is 0. The van der Waals surface area contributed by atoms with Crippen LogP contribution in [0.2, 0.25) is 0 Å². The van der Waals surface area contributed by atoms with Crippen molar-refractivity contribution in [1.29, 1.82) is 0 Å². The molecule has 1 N–H and O–H groups in total. The summed E-state index contributed by atoms with van der Waals surface area (Å²) in [6.07, 6.45) is 8.39. The van der Waals surface area contributed by atoms with Crippen LogP contribution >= 0.6 is 0 Å². The molecule has 0 spiro atoms. The molecule has 0 aliphatic heterocycles. The molecule has 0 rings (SSSR count). The Labute approximate surface area is 93.4 Å². The molecule has 0 aliphatic rings. The second-order valence-electron chi connectivity index (χ2n) is 4.47. The van der Waals surface area contributed by atoms with Gasteiger partial charge in [-0.1, -0.05) is 39.2 Å². The van der Waals surface area contributed by atoms with E-state index in [1.54, 1.807) is 0 Å². The summed E-state index contributed by atoms with van der Waals surface area (Å²) in [4.78, 5) is 10.9. The van der Waals surface area contributed by atoms with Crippen LogP contribution in [0, 0.1) is 11.8 Å². The molecule has 15 heavy (non-hydrogen) atoms. The predicted molar refractivity (Wildman–Crippen MR) is 63.9 cm³/mol. The molecule has 1 unspecified atom stereocenters. The average molecular weight is 212 g/mol. The van der Waals surface area contributed by atoms with Crippen LogP contribution in [0.25, 0.3) is 0 Å². The Morgan fingerprint density at radius 3 is 2.33 bits per heavy atom. The zero-order chi connectivity index (χ0) is 11.7. The Balaban J connectivity index is 3.54. The molecule has 0 aromatic carbocycles. The molecule has 0 aliphatic carbocycles. The predicted octanol–water partition coefficient (Wildman–Crippen LogP) is 3.87. The molecule has 0 saturated carbocycles. The lowest BCUT2D eigenvalue weighted by Gasteiger charge is -2.15. The van der Waals surface area contributed by atoms with E-state index < -0.39 is 5.97 Å². The molecule has 0 bridgehead atoms. The number of carbonyl (C=O) groups is 1. The Hall–Kier alpha value is -0.790. The molecule has 0 amide bonds. The number of rotatable bonds is 9. The standard InChI is InChI=1S/C13H24O2/c1-4-5-6-7-8-9-10-12(11(2)3)13(14)15/h4,11-12H,1,5-10H2,2-3H3,(H,14,15). The van der Waals surface area contributed by atoms with E-state index in [9.17, 15) is 4.79 Å². The van der Waals surface area contributed by atoms with Crippen molar-refractivity contribution in [2.24, 2.45) is 11.8 Å². The number of hydrogen-bond donors (Lipinski definition) is 1.